The fourth-order valence-electron chi connectivity index (χ4n) is 2.35. The van der Waals surface area contributed by atoms with Crippen molar-refractivity contribution >= 4 is 0 Å². The zero-order valence-electron chi connectivity index (χ0n) is 11.2. The first kappa shape index (κ1) is 12.9. The maximum Gasteiger partial charge on any atom is 0.119 e. The van der Waals surface area contributed by atoms with Gasteiger partial charge in [-0.2, -0.15) is 5.26 Å². The van der Waals surface area contributed by atoms with Gasteiger partial charge in [-0.15, -0.1) is 0 Å². The molecule has 0 aromatic heterocycles. The van der Waals surface area contributed by atoms with E-state index < -0.39 is 5.41 Å². The quantitative estimate of drug-likeness (QED) is 0.819. The molecule has 1 saturated heterocycles. The number of hydrogen-bond acceptors (Lipinski definition) is 3. The Morgan fingerprint density at radius 3 is 2.67 bits per heavy atom. The molecule has 0 amide bonds. The maximum absolute atomic E-state index is 9.39. The second-order valence-electron chi connectivity index (χ2n) is 5.27. The molecular formula is C15H19NO2. The molecule has 1 aromatic rings. The van der Waals surface area contributed by atoms with Crippen molar-refractivity contribution < 1.29 is 9.47 Å². The van der Waals surface area contributed by atoms with Gasteiger partial charge in [-0.25, -0.2) is 0 Å². The van der Waals surface area contributed by atoms with Crippen molar-refractivity contribution in [2.24, 2.45) is 5.41 Å². The van der Waals surface area contributed by atoms with Crippen LogP contribution in [0.4, 0.5) is 0 Å². The lowest BCUT2D eigenvalue weighted by Crippen LogP contribution is -2.56. The third kappa shape index (κ3) is 1.87. The highest BCUT2D eigenvalue weighted by atomic mass is 16.5. The summed E-state index contributed by atoms with van der Waals surface area (Å²) >= 11 is 0. The summed E-state index contributed by atoms with van der Waals surface area (Å²) in [6.07, 6.45) is 0. The van der Waals surface area contributed by atoms with E-state index in [2.05, 4.69) is 12.1 Å². The topological polar surface area (TPSA) is 42.2 Å². The number of hydrogen-bond donors (Lipinski definition) is 0. The summed E-state index contributed by atoms with van der Waals surface area (Å²) < 4.78 is 10.9. The minimum atomic E-state index is -0.448. The number of nitriles is 1. The van der Waals surface area contributed by atoms with Crippen molar-refractivity contribution in [1.29, 1.82) is 5.26 Å². The average molecular weight is 245 g/mol. The highest BCUT2D eigenvalue weighted by Gasteiger charge is 2.52. The highest BCUT2D eigenvalue weighted by molar-refractivity contribution is 5.39. The molecule has 1 aliphatic rings. The summed E-state index contributed by atoms with van der Waals surface area (Å²) in [6, 6.07) is 10.4. The summed E-state index contributed by atoms with van der Waals surface area (Å²) in [5, 5.41) is 9.39. The predicted octanol–water partition coefficient (Wildman–Crippen LogP) is 2.90. The van der Waals surface area contributed by atoms with E-state index >= 15 is 0 Å². The smallest absolute Gasteiger partial charge is 0.119 e. The van der Waals surface area contributed by atoms with Crippen molar-refractivity contribution in [3.05, 3.63) is 29.8 Å². The Kier molecular flexibility index (Phi) is 3.32. The van der Waals surface area contributed by atoms with Gasteiger partial charge in [0.1, 0.15) is 5.75 Å². The van der Waals surface area contributed by atoms with E-state index in [1.165, 1.54) is 0 Å². The van der Waals surface area contributed by atoms with Crippen LogP contribution in [0, 0.1) is 16.7 Å². The second-order valence-corrected chi connectivity index (χ2v) is 5.27. The molecule has 0 saturated carbocycles. The van der Waals surface area contributed by atoms with Crippen LogP contribution in [-0.4, -0.2) is 19.8 Å². The lowest BCUT2D eigenvalue weighted by Gasteiger charge is -2.49. The molecule has 0 atom stereocenters. The SMILES string of the molecule is CCOc1cccc(C2(C(C)(C)C#N)COC2)c1. The van der Waals surface area contributed by atoms with Crippen LogP contribution in [0.15, 0.2) is 24.3 Å². The monoisotopic (exact) mass is 245 g/mol. The summed E-state index contributed by atoms with van der Waals surface area (Å²) in [7, 11) is 0. The summed E-state index contributed by atoms with van der Waals surface area (Å²) in [4.78, 5) is 0. The van der Waals surface area contributed by atoms with Crippen LogP contribution < -0.4 is 4.74 Å². The molecule has 0 spiro atoms. The fraction of sp³-hybridized carbons (Fsp3) is 0.533. The van der Waals surface area contributed by atoms with Crippen molar-refractivity contribution in [3.8, 4) is 11.8 Å². The summed E-state index contributed by atoms with van der Waals surface area (Å²) in [5.74, 6) is 0.856. The van der Waals surface area contributed by atoms with Gasteiger partial charge in [0.25, 0.3) is 0 Å². The van der Waals surface area contributed by atoms with Gasteiger partial charge in [-0.05, 0) is 38.5 Å². The molecule has 0 unspecified atom stereocenters. The molecule has 18 heavy (non-hydrogen) atoms. The van der Waals surface area contributed by atoms with Gasteiger partial charge in [0.05, 0.1) is 36.7 Å². The van der Waals surface area contributed by atoms with E-state index in [9.17, 15) is 5.26 Å². The molecule has 0 radical (unpaired) electrons. The normalized spacial score (nSPS) is 17.7. The van der Waals surface area contributed by atoms with E-state index in [4.69, 9.17) is 9.47 Å². The Bertz CT molecular complexity index is 470. The van der Waals surface area contributed by atoms with E-state index in [-0.39, 0.29) is 5.41 Å². The fourth-order valence-corrected chi connectivity index (χ4v) is 2.35. The Morgan fingerprint density at radius 2 is 2.17 bits per heavy atom. The van der Waals surface area contributed by atoms with Crippen molar-refractivity contribution in [3.63, 3.8) is 0 Å². The van der Waals surface area contributed by atoms with Gasteiger partial charge in [-0.1, -0.05) is 12.1 Å². The first-order valence-corrected chi connectivity index (χ1v) is 6.28. The largest absolute Gasteiger partial charge is 0.494 e. The lowest BCUT2D eigenvalue weighted by molar-refractivity contribution is -0.102. The van der Waals surface area contributed by atoms with Crippen LogP contribution in [0.2, 0.25) is 0 Å². The van der Waals surface area contributed by atoms with Crippen molar-refractivity contribution in [2.75, 3.05) is 19.8 Å². The van der Waals surface area contributed by atoms with Crippen LogP contribution in [0.5, 0.6) is 5.75 Å². The average Bonchev–Trinajstić information content (AvgIpc) is 2.28. The number of ether oxygens (including phenoxy) is 2. The number of benzene rings is 1. The van der Waals surface area contributed by atoms with Gasteiger partial charge < -0.3 is 9.47 Å². The Balaban J connectivity index is 2.40. The van der Waals surface area contributed by atoms with E-state index in [0.717, 1.165) is 11.3 Å². The van der Waals surface area contributed by atoms with Crippen LogP contribution in [0.25, 0.3) is 0 Å². The molecule has 0 bridgehead atoms. The molecule has 1 fully saturated rings. The number of nitrogens with zero attached hydrogens (tertiary/aromatic N) is 1. The molecule has 3 heteroatoms. The molecular weight excluding hydrogens is 226 g/mol. The summed E-state index contributed by atoms with van der Waals surface area (Å²) in [6.45, 7) is 7.76. The third-order valence-electron chi connectivity index (χ3n) is 3.87. The second kappa shape index (κ2) is 4.62. The van der Waals surface area contributed by atoms with E-state index in [1.807, 2.05) is 39.0 Å². The minimum Gasteiger partial charge on any atom is -0.494 e. The Morgan fingerprint density at radius 1 is 1.44 bits per heavy atom. The Hall–Kier alpha value is -1.53. The molecule has 1 aliphatic heterocycles. The summed E-state index contributed by atoms with van der Waals surface area (Å²) in [5.41, 5.74) is 0.469. The van der Waals surface area contributed by atoms with E-state index in [0.29, 0.717) is 19.8 Å². The molecule has 96 valence electrons. The van der Waals surface area contributed by atoms with Gasteiger partial charge in [0, 0.05) is 0 Å². The maximum atomic E-state index is 9.39. The molecule has 1 heterocycles. The number of rotatable bonds is 4. The molecule has 1 aromatic carbocycles. The van der Waals surface area contributed by atoms with Crippen LogP contribution >= 0.6 is 0 Å². The lowest BCUT2D eigenvalue weighted by atomic mass is 9.61. The van der Waals surface area contributed by atoms with Gasteiger partial charge in [-0.3, -0.25) is 0 Å². The highest BCUT2D eigenvalue weighted by Crippen LogP contribution is 2.47. The Labute approximate surface area is 108 Å². The van der Waals surface area contributed by atoms with Gasteiger partial charge in [0.15, 0.2) is 0 Å². The molecule has 0 aliphatic carbocycles. The van der Waals surface area contributed by atoms with Crippen molar-refractivity contribution in [1.82, 2.24) is 0 Å². The predicted molar refractivity (Wildman–Crippen MR) is 69.5 cm³/mol. The van der Waals surface area contributed by atoms with Gasteiger partial charge >= 0.3 is 0 Å². The van der Waals surface area contributed by atoms with Crippen LogP contribution in [-0.2, 0) is 10.2 Å². The van der Waals surface area contributed by atoms with E-state index in [1.54, 1.807) is 0 Å². The van der Waals surface area contributed by atoms with Crippen LogP contribution in [0.1, 0.15) is 26.3 Å². The minimum absolute atomic E-state index is 0.213. The van der Waals surface area contributed by atoms with Crippen LogP contribution in [0.3, 0.4) is 0 Å². The first-order chi connectivity index (χ1) is 8.55. The zero-order valence-corrected chi connectivity index (χ0v) is 11.2. The standard InChI is InChI=1S/C15H19NO2/c1-4-18-13-7-5-6-12(8-13)15(10-17-11-15)14(2,3)9-16/h5-8H,4,10-11H2,1-3H3. The molecule has 2 rings (SSSR count). The van der Waals surface area contributed by atoms with Crippen molar-refractivity contribution in [2.45, 2.75) is 26.2 Å². The van der Waals surface area contributed by atoms with Gasteiger partial charge in [0.2, 0.25) is 0 Å². The molecule has 0 N–H and O–H groups in total. The third-order valence-corrected chi connectivity index (χ3v) is 3.87. The first-order valence-electron chi connectivity index (χ1n) is 6.28. The zero-order chi connectivity index (χ0) is 13.2. The molecule has 3 nitrogen and oxygen atoms in total.